The Hall–Kier alpha value is -1.59. The van der Waals surface area contributed by atoms with Gasteiger partial charge in [-0.3, -0.25) is 4.79 Å². The van der Waals surface area contributed by atoms with Crippen LogP contribution >= 0.6 is 0 Å². The van der Waals surface area contributed by atoms with Crippen LogP contribution < -0.4 is 5.73 Å². The van der Waals surface area contributed by atoms with Crippen LogP contribution in [0.4, 0.5) is 5.95 Å². The molecule has 1 saturated carbocycles. The maximum absolute atomic E-state index is 11.3. The average Bonchev–Trinajstić information content (AvgIpc) is 2.77. The Labute approximate surface area is 93.5 Å². The molecule has 6 nitrogen and oxygen atoms in total. The molecule has 1 aliphatic rings. The first-order chi connectivity index (χ1) is 7.53. The summed E-state index contributed by atoms with van der Waals surface area (Å²) in [6.45, 7) is 0. The van der Waals surface area contributed by atoms with Crippen molar-refractivity contribution < 1.29 is 9.90 Å². The summed E-state index contributed by atoms with van der Waals surface area (Å²) in [5.41, 5.74) is 4.90. The monoisotopic (exact) mass is 224 g/mol. The number of carbonyl (C=O) groups is 1. The molecule has 0 aromatic carbocycles. The van der Waals surface area contributed by atoms with Gasteiger partial charge in [0.25, 0.3) is 0 Å². The van der Waals surface area contributed by atoms with Gasteiger partial charge in [0.1, 0.15) is 0 Å². The van der Waals surface area contributed by atoms with E-state index in [0.29, 0.717) is 31.0 Å². The first-order valence-corrected chi connectivity index (χ1v) is 5.42. The second-order valence-electron chi connectivity index (χ2n) is 4.48. The van der Waals surface area contributed by atoms with Crippen LogP contribution in [0.25, 0.3) is 0 Å². The van der Waals surface area contributed by atoms with E-state index in [0.717, 1.165) is 12.8 Å². The molecule has 1 aromatic rings. The zero-order chi connectivity index (χ0) is 11.8. The van der Waals surface area contributed by atoms with E-state index in [1.165, 1.54) is 4.68 Å². The highest BCUT2D eigenvalue weighted by Crippen LogP contribution is 2.40. The van der Waals surface area contributed by atoms with Gasteiger partial charge in [-0.15, -0.1) is 0 Å². The van der Waals surface area contributed by atoms with Crippen molar-refractivity contribution in [3.63, 3.8) is 0 Å². The van der Waals surface area contributed by atoms with E-state index in [2.05, 4.69) is 10.1 Å². The second-order valence-corrected chi connectivity index (χ2v) is 4.48. The number of hydrogen-bond acceptors (Lipinski definition) is 4. The van der Waals surface area contributed by atoms with E-state index in [-0.39, 0.29) is 0 Å². The van der Waals surface area contributed by atoms with E-state index < -0.39 is 11.4 Å². The van der Waals surface area contributed by atoms with Crippen LogP contribution in [-0.2, 0) is 18.3 Å². The van der Waals surface area contributed by atoms with Crippen LogP contribution in [0.1, 0.15) is 31.5 Å². The number of nitrogen functional groups attached to an aromatic ring is 1. The number of aryl methyl sites for hydroxylation is 1. The molecule has 0 atom stereocenters. The molecule has 0 saturated heterocycles. The predicted octanol–water partition coefficient (Wildman–Crippen LogP) is 0.585. The summed E-state index contributed by atoms with van der Waals surface area (Å²) in [5.74, 6) is 0.119. The molecule has 0 radical (unpaired) electrons. The molecule has 6 heteroatoms. The Kier molecular flexibility index (Phi) is 2.57. The van der Waals surface area contributed by atoms with Crippen molar-refractivity contribution in [1.29, 1.82) is 0 Å². The molecule has 1 heterocycles. The first kappa shape index (κ1) is 10.9. The Morgan fingerprint density at radius 3 is 2.62 bits per heavy atom. The minimum absolute atomic E-state index is 0.327. The molecule has 16 heavy (non-hydrogen) atoms. The zero-order valence-electron chi connectivity index (χ0n) is 9.31. The van der Waals surface area contributed by atoms with E-state index >= 15 is 0 Å². The number of hydrogen-bond donors (Lipinski definition) is 2. The molecule has 88 valence electrons. The summed E-state index contributed by atoms with van der Waals surface area (Å²) < 4.78 is 1.47. The fourth-order valence-electron chi connectivity index (χ4n) is 2.35. The third-order valence-corrected chi connectivity index (χ3v) is 3.35. The van der Waals surface area contributed by atoms with Crippen LogP contribution in [0, 0.1) is 5.41 Å². The van der Waals surface area contributed by atoms with Crippen LogP contribution in [0.3, 0.4) is 0 Å². The Morgan fingerprint density at radius 2 is 2.19 bits per heavy atom. The van der Waals surface area contributed by atoms with Gasteiger partial charge in [-0.05, 0) is 12.8 Å². The SMILES string of the molecule is Cn1nc(CC2(C(=O)O)CCCC2)nc1N. The fraction of sp³-hybridized carbons (Fsp3) is 0.700. The van der Waals surface area contributed by atoms with Gasteiger partial charge in [-0.25, -0.2) is 4.68 Å². The van der Waals surface area contributed by atoms with Gasteiger partial charge in [0, 0.05) is 13.5 Å². The maximum atomic E-state index is 11.3. The van der Waals surface area contributed by atoms with Gasteiger partial charge < -0.3 is 10.8 Å². The molecular weight excluding hydrogens is 208 g/mol. The second kappa shape index (κ2) is 3.77. The van der Waals surface area contributed by atoms with E-state index in [1.54, 1.807) is 7.05 Å². The van der Waals surface area contributed by atoms with Gasteiger partial charge in [0.05, 0.1) is 5.41 Å². The Bertz CT molecular complexity index is 387. The number of aromatic nitrogens is 3. The molecule has 2 rings (SSSR count). The molecular formula is C10H16N4O2. The van der Waals surface area contributed by atoms with Crippen LogP contribution in [0.15, 0.2) is 0 Å². The lowest BCUT2D eigenvalue weighted by Gasteiger charge is -2.21. The quantitative estimate of drug-likeness (QED) is 0.783. The summed E-state index contributed by atoms with van der Waals surface area (Å²) >= 11 is 0. The third-order valence-electron chi connectivity index (χ3n) is 3.35. The molecule has 1 aromatic heterocycles. The normalized spacial score (nSPS) is 18.8. The lowest BCUT2D eigenvalue weighted by atomic mass is 9.82. The molecule has 3 N–H and O–H groups in total. The summed E-state index contributed by atoms with van der Waals surface area (Å²) in [6.07, 6.45) is 3.73. The van der Waals surface area contributed by atoms with Gasteiger partial charge in [0.15, 0.2) is 5.82 Å². The lowest BCUT2D eigenvalue weighted by Crippen LogP contribution is -2.30. The first-order valence-electron chi connectivity index (χ1n) is 5.42. The highest BCUT2D eigenvalue weighted by atomic mass is 16.4. The van der Waals surface area contributed by atoms with Crippen LogP contribution in [0.2, 0.25) is 0 Å². The number of rotatable bonds is 3. The van der Waals surface area contributed by atoms with Crippen molar-refractivity contribution in [3.05, 3.63) is 5.82 Å². The molecule has 0 spiro atoms. The Morgan fingerprint density at radius 1 is 1.56 bits per heavy atom. The molecule has 1 aliphatic carbocycles. The standard InChI is InChI=1S/C10H16N4O2/c1-14-9(11)12-7(13-14)6-10(8(15)16)4-2-3-5-10/h2-6H2,1H3,(H,15,16)(H2,11,12,13). The molecule has 0 amide bonds. The van der Waals surface area contributed by atoms with E-state index in [1.807, 2.05) is 0 Å². The van der Waals surface area contributed by atoms with E-state index in [4.69, 9.17) is 5.73 Å². The smallest absolute Gasteiger partial charge is 0.310 e. The number of anilines is 1. The lowest BCUT2D eigenvalue weighted by molar-refractivity contribution is -0.148. The van der Waals surface area contributed by atoms with Crippen molar-refractivity contribution in [2.75, 3.05) is 5.73 Å². The topological polar surface area (TPSA) is 94.0 Å². The number of carboxylic acids is 1. The van der Waals surface area contributed by atoms with Crippen LogP contribution in [0.5, 0.6) is 0 Å². The van der Waals surface area contributed by atoms with Crippen LogP contribution in [-0.4, -0.2) is 25.8 Å². The van der Waals surface area contributed by atoms with Crippen molar-refractivity contribution >= 4 is 11.9 Å². The van der Waals surface area contributed by atoms with Gasteiger partial charge in [-0.1, -0.05) is 12.8 Å². The van der Waals surface area contributed by atoms with Gasteiger partial charge in [0.2, 0.25) is 5.95 Å². The number of nitrogens with two attached hydrogens (primary N) is 1. The van der Waals surface area contributed by atoms with Gasteiger partial charge in [-0.2, -0.15) is 10.1 Å². The minimum atomic E-state index is -0.740. The highest BCUT2D eigenvalue weighted by molar-refractivity contribution is 5.75. The summed E-state index contributed by atoms with van der Waals surface area (Å²) in [4.78, 5) is 15.4. The molecule has 0 bridgehead atoms. The molecule has 0 aliphatic heterocycles. The minimum Gasteiger partial charge on any atom is -0.481 e. The molecule has 1 fully saturated rings. The van der Waals surface area contributed by atoms with Crippen molar-refractivity contribution in [2.45, 2.75) is 32.1 Å². The van der Waals surface area contributed by atoms with E-state index in [9.17, 15) is 9.90 Å². The maximum Gasteiger partial charge on any atom is 0.310 e. The van der Waals surface area contributed by atoms with Crippen molar-refractivity contribution in [2.24, 2.45) is 12.5 Å². The average molecular weight is 224 g/mol. The van der Waals surface area contributed by atoms with Crippen molar-refractivity contribution in [3.8, 4) is 0 Å². The number of aliphatic carboxylic acids is 1. The predicted molar refractivity (Wildman–Crippen MR) is 57.7 cm³/mol. The number of carboxylic acid groups (broad SMARTS) is 1. The summed E-state index contributed by atoms with van der Waals surface area (Å²) in [6, 6.07) is 0. The highest BCUT2D eigenvalue weighted by Gasteiger charge is 2.42. The summed E-state index contributed by atoms with van der Waals surface area (Å²) in [7, 11) is 1.70. The summed E-state index contributed by atoms with van der Waals surface area (Å²) in [5, 5.41) is 13.4. The molecule has 0 unspecified atom stereocenters. The fourth-order valence-corrected chi connectivity index (χ4v) is 2.35. The Balaban J connectivity index is 2.21. The largest absolute Gasteiger partial charge is 0.481 e. The number of nitrogens with zero attached hydrogens (tertiary/aromatic N) is 3. The third kappa shape index (κ3) is 1.75. The zero-order valence-corrected chi connectivity index (χ0v) is 9.31. The van der Waals surface area contributed by atoms with Gasteiger partial charge >= 0.3 is 5.97 Å². The van der Waals surface area contributed by atoms with Crippen molar-refractivity contribution in [1.82, 2.24) is 14.8 Å².